The van der Waals surface area contributed by atoms with Crippen LogP contribution in [0.15, 0.2) is 23.2 Å². The average Bonchev–Trinajstić information content (AvgIpc) is 2.29. The lowest BCUT2D eigenvalue weighted by Gasteiger charge is -2.07. The molecule has 0 bridgehead atoms. The highest BCUT2D eigenvalue weighted by molar-refractivity contribution is 6.09. The van der Waals surface area contributed by atoms with Gasteiger partial charge in [0.1, 0.15) is 12.4 Å². The van der Waals surface area contributed by atoms with Gasteiger partial charge in [0.2, 0.25) is 5.91 Å². The maximum absolute atomic E-state index is 11.2. The number of nitrogens with zero attached hydrogens (tertiary/aromatic N) is 1. The molecule has 0 atom stereocenters. The number of amidine groups is 1. The Kier molecular flexibility index (Phi) is 1.96. The lowest BCUT2D eigenvalue weighted by molar-refractivity contribution is -0.114. The van der Waals surface area contributed by atoms with E-state index in [4.69, 9.17) is 5.73 Å². The normalized spacial score (nSPS) is 15.2. The molecule has 1 aliphatic rings. The number of aliphatic imine (C=N–C) groups is 1. The number of nitrogens with one attached hydrogen (secondary N) is 1. The third kappa shape index (κ3) is 1.46. The van der Waals surface area contributed by atoms with Gasteiger partial charge in [-0.25, -0.2) is 0 Å². The van der Waals surface area contributed by atoms with Crippen LogP contribution in [0.3, 0.4) is 0 Å². The lowest BCUT2D eigenvalue weighted by Crippen LogP contribution is -2.14. The quantitative estimate of drug-likeness (QED) is 0.629. The van der Waals surface area contributed by atoms with Crippen LogP contribution in [0.25, 0.3) is 0 Å². The SMILES string of the molecule is Cc1ccc2c(c1)C(N)=NCC(=O)N2. The number of rotatable bonds is 0. The molecule has 0 aromatic heterocycles. The van der Waals surface area contributed by atoms with E-state index in [1.165, 1.54) is 0 Å². The summed E-state index contributed by atoms with van der Waals surface area (Å²) < 4.78 is 0. The number of benzodiazepines with no additional fused rings is 1. The van der Waals surface area contributed by atoms with E-state index in [0.717, 1.165) is 16.8 Å². The lowest BCUT2D eigenvalue weighted by atomic mass is 10.1. The second kappa shape index (κ2) is 3.14. The van der Waals surface area contributed by atoms with Crippen LogP contribution in [0.5, 0.6) is 0 Å². The molecule has 1 aromatic rings. The number of benzene rings is 1. The number of carbonyl (C=O) groups is 1. The summed E-state index contributed by atoms with van der Waals surface area (Å²) in [5, 5.41) is 2.75. The Labute approximate surface area is 81.8 Å². The van der Waals surface area contributed by atoms with Crippen LogP contribution in [-0.2, 0) is 4.79 Å². The first-order chi connectivity index (χ1) is 6.66. The Hall–Kier alpha value is -1.84. The van der Waals surface area contributed by atoms with Crippen molar-refractivity contribution in [3.8, 4) is 0 Å². The molecule has 3 N–H and O–H groups in total. The van der Waals surface area contributed by atoms with E-state index < -0.39 is 0 Å². The molecular formula is C10H11N3O. The van der Waals surface area contributed by atoms with E-state index in [1.54, 1.807) is 0 Å². The number of nitrogens with two attached hydrogens (primary N) is 1. The number of aryl methyl sites for hydroxylation is 1. The minimum Gasteiger partial charge on any atom is -0.383 e. The molecule has 0 aliphatic carbocycles. The maximum atomic E-state index is 11.2. The maximum Gasteiger partial charge on any atom is 0.246 e. The predicted octanol–water partition coefficient (Wildman–Crippen LogP) is 0.652. The van der Waals surface area contributed by atoms with Gasteiger partial charge in [-0.05, 0) is 19.1 Å². The molecule has 0 saturated heterocycles. The third-order valence-corrected chi connectivity index (χ3v) is 2.12. The molecule has 0 spiro atoms. The summed E-state index contributed by atoms with van der Waals surface area (Å²) in [6, 6.07) is 5.69. The van der Waals surface area contributed by atoms with Gasteiger partial charge >= 0.3 is 0 Å². The molecule has 0 radical (unpaired) electrons. The van der Waals surface area contributed by atoms with Crippen molar-refractivity contribution >= 4 is 17.4 Å². The van der Waals surface area contributed by atoms with Gasteiger partial charge in [-0.2, -0.15) is 0 Å². The smallest absolute Gasteiger partial charge is 0.246 e. The van der Waals surface area contributed by atoms with Crippen LogP contribution < -0.4 is 11.1 Å². The van der Waals surface area contributed by atoms with Gasteiger partial charge in [-0.3, -0.25) is 9.79 Å². The van der Waals surface area contributed by atoms with E-state index in [0.29, 0.717) is 5.84 Å². The van der Waals surface area contributed by atoms with Crippen LogP contribution in [0, 0.1) is 6.92 Å². The molecule has 2 rings (SSSR count). The summed E-state index contributed by atoms with van der Waals surface area (Å²) >= 11 is 0. The van der Waals surface area contributed by atoms with Gasteiger partial charge in [0.25, 0.3) is 0 Å². The number of amides is 1. The second-order valence-electron chi connectivity index (χ2n) is 3.30. The predicted molar refractivity (Wildman–Crippen MR) is 55.4 cm³/mol. The number of anilines is 1. The Morgan fingerprint density at radius 3 is 3.07 bits per heavy atom. The highest BCUT2D eigenvalue weighted by Gasteiger charge is 2.13. The summed E-state index contributed by atoms with van der Waals surface area (Å²) in [4.78, 5) is 15.2. The zero-order valence-electron chi connectivity index (χ0n) is 7.87. The molecule has 0 unspecified atom stereocenters. The van der Waals surface area contributed by atoms with E-state index in [-0.39, 0.29) is 12.5 Å². The number of hydrogen-bond donors (Lipinski definition) is 2. The van der Waals surface area contributed by atoms with Crippen LogP contribution in [0.1, 0.15) is 11.1 Å². The van der Waals surface area contributed by atoms with Gasteiger partial charge in [0.15, 0.2) is 0 Å². The number of hydrogen-bond acceptors (Lipinski definition) is 3. The standard InChI is InChI=1S/C10H11N3O/c1-6-2-3-8-7(4-6)10(11)12-5-9(14)13-8/h2-4H,5H2,1H3,(H2,11,12)(H,13,14). The van der Waals surface area contributed by atoms with Crippen LogP contribution >= 0.6 is 0 Å². The van der Waals surface area contributed by atoms with Crippen molar-refractivity contribution in [1.82, 2.24) is 0 Å². The minimum atomic E-state index is -0.129. The molecule has 1 aromatic carbocycles. The van der Waals surface area contributed by atoms with Crippen molar-refractivity contribution in [2.75, 3.05) is 11.9 Å². The van der Waals surface area contributed by atoms with E-state index >= 15 is 0 Å². The summed E-state index contributed by atoms with van der Waals surface area (Å²) in [6.45, 7) is 2.07. The topological polar surface area (TPSA) is 67.5 Å². The first kappa shape index (κ1) is 8.74. The number of fused-ring (bicyclic) bond motifs is 1. The molecule has 4 nitrogen and oxygen atoms in total. The monoisotopic (exact) mass is 189 g/mol. The van der Waals surface area contributed by atoms with Crippen molar-refractivity contribution in [3.63, 3.8) is 0 Å². The van der Waals surface area contributed by atoms with Crippen molar-refractivity contribution in [3.05, 3.63) is 29.3 Å². The largest absolute Gasteiger partial charge is 0.383 e. The molecule has 1 heterocycles. The Morgan fingerprint density at radius 2 is 2.29 bits per heavy atom. The highest BCUT2D eigenvalue weighted by Crippen LogP contribution is 2.18. The van der Waals surface area contributed by atoms with Crippen LogP contribution in [0.4, 0.5) is 5.69 Å². The Morgan fingerprint density at radius 1 is 1.50 bits per heavy atom. The summed E-state index contributed by atoms with van der Waals surface area (Å²) in [6.07, 6.45) is 0. The molecule has 72 valence electrons. The fourth-order valence-corrected chi connectivity index (χ4v) is 1.41. The van der Waals surface area contributed by atoms with Gasteiger partial charge in [-0.15, -0.1) is 0 Å². The first-order valence-corrected chi connectivity index (χ1v) is 4.37. The van der Waals surface area contributed by atoms with Gasteiger partial charge in [0, 0.05) is 5.56 Å². The van der Waals surface area contributed by atoms with Gasteiger partial charge in [0.05, 0.1) is 5.69 Å². The zero-order valence-corrected chi connectivity index (χ0v) is 7.87. The number of carbonyl (C=O) groups excluding carboxylic acids is 1. The molecule has 1 aliphatic heterocycles. The van der Waals surface area contributed by atoms with E-state index in [2.05, 4.69) is 10.3 Å². The fourth-order valence-electron chi connectivity index (χ4n) is 1.41. The van der Waals surface area contributed by atoms with Crippen molar-refractivity contribution in [2.45, 2.75) is 6.92 Å². The fraction of sp³-hybridized carbons (Fsp3) is 0.200. The van der Waals surface area contributed by atoms with Crippen LogP contribution in [0.2, 0.25) is 0 Å². The molecule has 4 heteroatoms. The van der Waals surface area contributed by atoms with Gasteiger partial charge < -0.3 is 11.1 Å². The Bertz CT molecular complexity index is 423. The second-order valence-corrected chi connectivity index (χ2v) is 3.30. The summed E-state index contributed by atoms with van der Waals surface area (Å²) in [5.41, 5.74) is 8.37. The first-order valence-electron chi connectivity index (χ1n) is 4.37. The third-order valence-electron chi connectivity index (χ3n) is 2.12. The minimum absolute atomic E-state index is 0.0968. The summed E-state index contributed by atoms with van der Waals surface area (Å²) in [7, 11) is 0. The molecular weight excluding hydrogens is 178 g/mol. The average molecular weight is 189 g/mol. The van der Waals surface area contributed by atoms with Gasteiger partial charge in [-0.1, -0.05) is 11.6 Å². The molecule has 14 heavy (non-hydrogen) atoms. The molecule has 0 saturated carbocycles. The van der Waals surface area contributed by atoms with E-state index in [9.17, 15) is 4.79 Å². The van der Waals surface area contributed by atoms with Crippen molar-refractivity contribution < 1.29 is 4.79 Å². The van der Waals surface area contributed by atoms with Crippen molar-refractivity contribution in [1.29, 1.82) is 0 Å². The summed E-state index contributed by atoms with van der Waals surface area (Å²) in [5.74, 6) is 0.289. The Balaban J connectivity index is 2.57. The highest BCUT2D eigenvalue weighted by atomic mass is 16.1. The molecule has 1 amide bonds. The zero-order chi connectivity index (χ0) is 10.1. The molecule has 0 fully saturated rings. The van der Waals surface area contributed by atoms with Crippen molar-refractivity contribution in [2.24, 2.45) is 10.7 Å². The van der Waals surface area contributed by atoms with E-state index in [1.807, 2.05) is 25.1 Å². The van der Waals surface area contributed by atoms with Crippen LogP contribution in [-0.4, -0.2) is 18.3 Å².